The Kier molecular flexibility index (Phi) is 2.69. The van der Waals surface area contributed by atoms with Crippen LogP contribution in [0.1, 0.15) is 0 Å². The number of carbonyl (C=O) groups is 1. The smallest absolute Gasteiger partial charge is 0.411 e. The molecule has 4 nitrogen and oxygen atoms in total. The van der Waals surface area contributed by atoms with E-state index in [1.165, 1.54) is 13.2 Å². The maximum absolute atomic E-state index is 12.5. The van der Waals surface area contributed by atoms with Crippen molar-refractivity contribution in [2.24, 2.45) is 0 Å². The monoisotopic (exact) mass is 185 g/mol. The van der Waals surface area contributed by atoms with E-state index in [0.717, 1.165) is 12.1 Å². The number of aromatic hydroxyl groups is 1. The molecule has 70 valence electrons. The lowest BCUT2D eigenvalue weighted by Crippen LogP contribution is -2.10. The van der Waals surface area contributed by atoms with Gasteiger partial charge in [-0.3, -0.25) is 5.32 Å². The third-order valence-electron chi connectivity index (χ3n) is 1.38. The number of methoxy groups -OCH3 is 1. The fourth-order valence-electron chi connectivity index (χ4n) is 0.771. The number of amides is 1. The highest BCUT2D eigenvalue weighted by Gasteiger charge is 2.05. The van der Waals surface area contributed by atoms with Gasteiger partial charge in [-0.05, 0) is 12.1 Å². The molecule has 0 saturated carbocycles. The van der Waals surface area contributed by atoms with E-state index in [-0.39, 0.29) is 11.4 Å². The zero-order chi connectivity index (χ0) is 9.84. The number of benzene rings is 1. The zero-order valence-corrected chi connectivity index (χ0v) is 6.87. The van der Waals surface area contributed by atoms with Gasteiger partial charge in [0.25, 0.3) is 0 Å². The molecule has 1 aromatic rings. The molecule has 0 atom stereocenters. The fraction of sp³-hybridized carbons (Fsp3) is 0.125. The maximum atomic E-state index is 12.5. The number of nitrogens with one attached hydrogen (secondary N) is 1. The predicted molar refractivity (Wildman–Crippen MR) is 44.1 cm³/mol. The molecular formula is C8H8FNO3. The lowest BCUT2D eigenvalue weighted by molar-refractivity contribution is 0.187. The number of halogens is 1. The van der Waals surface area contributed by atoms with Gasteiger partial charge in [0.2, 0.25) is 0 Å². The van der Waals surface area contributed by atoms with Crippen LogP contribution < -0.4 is 5.32 Å². The van der Waals surface area contributed by atoms with Crippen LogP contribution in [-0.2, 0) is 4.74 Å². The molecule has 1 aromatic carbocycles. The summed E-state index contributed by atoms with van der Waals surface area (Å²) in [6.45, 7) is 0. The Balaban J connectivity index is 2.83. The van der Waals surface area contributed by atoms with Crippen molar-refractivity contribution in [2.75, 3.05) is 12.4 Å². The summed E-state index contributed by atoms with van der Waals surface area (Å²) in [5.74, 6) is -0.918. The van der Waals surface area contributed by atoms with Crippen molar-refractivity contribution in [3.63, 3.8) is 0 Å². The van der Waals surface area contributed by atoms with Crippen LogP contribution in [-0.4, -0.2) is 18.3 Å². The van der Waals surface area contributed by atoms with E-state index in [2.05, 4.69) is 10.1 Å². The van der Waals surface area contributed by atoms with Gasteiger partial charge in [-0.2, -0.15) is 0 Å². The first-order chi connectivity index (χ1) is 6.13. The number of rotatable bonds is 1. The molecule has 2 N–H and O–H groups in total. The lowest BCUT2D eigenvalue weighted by Gasteiger charge is -2.04. The fourth-order valence-corrected chi connectivity index (χ4v) is 0.771. The average Bonchev–Trinajstić information content (AvgIpc) is 2.09. The normalized spacial score (nSPS) is 9.38. The third-order valence-corrected chi connectivity index (χ3v) is 1.38. The minimum absolute atomic E-state index is 0.105. The van der Waals surface area contributed by atoms with Crippen molar-refractivity contribution in [1.29, 1.82) is 0 Å². The van der Waals surface area contributed by atoms with Crippen LogP contribution in [0.2, 0.25) is 0 Å². The first-order valence-corrected chi connectivity index (χ1v) is 3.47. The summed E-state index contributed by atoms with van der Waals surface area (Å²) < 4.78 is 16.7. The van der Waals surface area contributed by atoms with E-state index in [4.69, 9.17) is 5.11 Å². The number of phenolic OH excluding ortho intramolecular Hbond substituents is 1. The molecule has 0 radical (unpaired) electrons. The molecular weight excluding hydrogens is 177 g/mol. The van der Waals surface area contributed by atoms with Crippen molar-refractivity contribution in [3.05, 3.63) is 24.0 Å². The summed E-state index contributed by atoms with van der Waals surface area (Å²) in [5, 5.41) is 11.3. The maximum Gasteiger partial charge on any atom is 0.411 e. The van der Waals surface area contributed by atoms with E-state index in [1.807, 2.05) is 0 Å². The summed E-state index contributed by atoms with van der Waals surface area (Å²) in [6, 6.07) is 3.25. The third kappa shape index (κ3) is 2.33. The number of carbonyl (C=O) groups excluding carboxylic acids is 1. The molecule has 0 aliphatic carbocycles. The SMILES string of the molecule is COC(=O)Nc1ccc(F)cc1O. The number of anilines is 1. The first kappa shape index (κ1) is 9.31. The van der Waals surface area contributed by atoms with Crippen LogP contribution in [0.5, 0.6) is 5.75 Å². The Morgan fingerprint density at radius 3 is 2.85 bits per heavy atom. The molecule has 0 aromatic heterocycles. The van der Waals surface area contributed by atoms with Crippen molar-refractivity contribution in [3.8, 4) is 5.75 Å². The zero-order valence-electron chi connectivity index (χ0n) is 6.87. The van der Waals surface area contributed by atoms with E-state index in [1.54, 1.807) is 0 Å². The van der Waals surface area contributed by atoms with Gasteiger partial charge in [-0.1, -0.05) is 0 Å². The highest BCUT2D eigenvalue weighted by molar-refractivity contribution is 5.86. The summed E-state index contributed by atoms with van der Waals surface area (Å²) in [6.07, 6.45) is -0.720. The Hall–Kier alpha value is -1.78. The topological polar surface area (TPSA) is 58.6 Å². The van der Waals surface area contributed by atoms with Gasteiger partial charge in [0.15, 0.2) is 0 Å². The van der Waals surface area contributed by atoms with Gasteiger partial charge in [0.05, 0.1) is 12.8 Å². The summed E-state index contributed by atoms with van der Waals surface area (Å²) >= 11 is 0. The van der Waals surface area contributed by atoms with Gasteiger partial charge < -0.3 is 9.84 Å². The molecule has 0 heterocycles. The Labute approximate surface area is 73.9 Å². The van der Waals surface area contributed by atoms with Crippen molar-refractivity contribution in [1.82, 2.24) is 0 Å². The van der Waals surface area contributed by atoms with Crippen LogP contribution in [0.4, 0.5) is 14.9 Å². The van der Waals surface area contributed by atoms with Gasteiger partial charge in [-0.15, -0.1) is 0 Å². The molecule has 5 heteroatoms. The van der Waals surface area contributed by atoms with Gasteiger partial charge in [-0.25, -0.2) is 9.18 Å². The molecule has 0 saturated heterocycles. The van der Waals surface area contributed by atoms with Crippen LogP contribution in [0.15, 0.2) is 18.2 Å². The second kappa shape index (κ2) is 3.75. The molecule has 13 heavy (non-hydrogen) atoms. The van der Waals surface area contributed by atoms with Crippen LogP contribution in [0.3, 0.4) is 0 Å². The number of hydrogen-bond donors (Lipinski definition) is 2. The Morgan fingerprint density at radius 2 is 2.31 bits per heavy atom. The highest BCUT2D eigenvalue weighted by Crippen LogP contribution is 2.23. The predicted octanol–water partition coefficient (Wildman–Crippen LogP) is 1.71. The Bertz CT molecular complexity index is 327. The van der Waals surface area contributed by atoms with E-state index in [9.17, 15) is 9.18 Å². The van der Waals surface area contributed by atoms with Gasteiger partial charge in [0.1, 0.15) is 11.6 Å². The summed E-state index contributed by atoms with van der Waals surface area (Å²) in [5.41, 5.74) is 0.105. The van der Waals surface area contributed by atoms with Crippen LogP contribution in [0.25, 0.3) is 0 Å². The van der Waals surface area contributed by atoms with Gasteiger partial charge >= 0.3 is 6.09 Å². The molecule has 0 fully saturated rings. The van der Waals surface area contributed by atoms with Crippen LogP contribution in [0, 0.1) is 5.82 Å². The van der Waals surface area contributed by atoms with Crippen LogP contribution >= 0.6 is 0 Å². The molecule has 0 aliphatic rings. The standard InChI is InChI=1S/C8H8FNO3/c1-13-8(12)10-6-3-2-5(9)4-7(6)11/h2-4,11H,1H3,(H,10,12). The second-order valence-corrected chi connectivity index (χ2v) is 2.28. The quantitative estimate of drug-likeness (QED) is 0.655. The average molecular weight is 185 g/mol. The van der Waals surface area contributed by atoms with Crippen molar-refractivity contribution in [2.45, 2.75) is 0 Å². The van der Waals surface area contributed by atoms with Crippen molar-refractivity contribution < 1.29 is 19.0 Å². The van der Waals surface area contributed by atoms with Crippen molar-refractivity contribution >= 4 is 11.8 Å². The number of phenols is 1. The molecule has 0 aliphatic heterocycles. The molecule has 1 amide bonds. The number of ether oxygens (including phenoxy) is 1. The van der Waals surface area contributed by atoms with E-state index >= 15 is 0 Å². The van der Waals surface area contributed by atoms with E-state index < -0.39 is 11.9 Å². The molecule has 0 bridgehead atoms. The summed E-state index contributed by atoms with van der Waals surface area (Å²) in [7, 11) is 1.19. The highest BCUT2D eigenvalue weighted by atomic mass is 19.1. The minimum atomic E-state index is -0.720. The Morgan fingerprint density at radius 1 is 1.62 bits per heavy atom. The van der Waals surface area contributed by atoms with Gasteiger partial charge in [0, 0.05) is 6.07 Å². The molecule has 0 spiro atoms. The van der Waals surface area contributed by atoms with E-state index in [0.29, 0.717) is 0 Å². The largest absolute Gasteiger partial charge is 0.506 e. The second-order valence-electron chi connectivity index (χ2n) is 2.28. The number of hydrogen-bond acceptors (Lipinski definition) is 3. The first-order valence-electron chi connectivity index (χ1n) is 3.47. The minimum Gasteiger partial charge on any atom is -0.506 e. The lowest BCUT2D eigenvalue weighted by atomic mass is 10.3. The molecule has 0 unspecified atom stereocenters. The summed E-state index contributed by atoms with van der Waals surface area (Å²) in [4.78, 5) is 10.7. The molecule has 1 rings (SSSR count).